The van der Waals surface area contributed by atoms with E-state index in [4.69, 9.17) is 5.73 Å². The first-order chi connectivity index (χ1) is 9.75. The van der Waals surface area contributed by atoms with Crippen LogP contribution in [0.5, 0.6) is 0 Å². The molecule has 0 aromatic carbocycles. The van der Waals surface area contributed by atoms with Gasteiger partial charge in [0.2, 0.25) is 0 Å². The van der Waals surface area contributed by atoms with Crippen molar-refractivity contribution in [2.75, 3.05) is 12.3 Å². The third kappa shape index (κ3) is 6.55. The van der Waals surface area contributed by atoms with Gasteiger partial charge < -0.3 is 11.1 Å². The predicted octanol–water partition coefficient (Wildman–Crippen LogP) is 3.53. The maximum Gasteiger partial charge on any atom is 0.254 e. The minimum atomic E-state index is -0.126. The number of unbranched alkanes of at least 4 members (excludes halogenated alkanes) is 7. The second-order valence-electron chi connectivity index (χ2n) is 5.19. The van der Waals surface area contributed by atoms with Crippen LogP contribution in [-0.2, 0) is 0 Å². The second-order valence-corrected chi connectivity index (χ2v) is 5.19. The number of nitrogens with one attached hydrogen (secondary N) is 1. The highest BCUT2D eigenvalue weighted by Gasteiger charge is 2.08. The number of nitrogen functional groups attached to an aromatic ring is 1. The third-order valence-electron chi connectivity index (χ3n) is 3.42. The topological polar surface area (TPSA) is 68.0 Å². The maximum absolute atomic E-state index is 11.8. The van der Waals surface area contributed by atoms with Gasteiger partial charge in [0, 0.05) is 24.6 Å². The maximum atomic E-state index is 11.8. The number of nitrogens with zero attached hydrogens (tertiary/aromatic N) is 1. The van der Waals surface area contributed by atoms with Crippen molar-refractivity contribution >= 4 is 11.6 Å². The molecular formula is C16H27N3O. The van der Waals surface area contributed by atoms with Crippen LogP contribution in [0.25, 0.3) is 0 Å². The Morgan fingerprint density at radius 3 is 2.45 bits per heavy atom. The lowest BCUT2D eigenvalue weighted by Crippen LogP contribution is -2.25. The largest absolute Gasteiger partial charge is 0.398 e. The summed E-state index contributed by atoms with van der Waals surface area (Å²) in [6.45, 7) is 2.94. The average molecular weight is 277 g/mol. The molecule has 1 aromatic heterocycles. The first-order valence-corrected chi connectivity index (χ1v) is 7.73. The summed E-state index contributed by atoms with van der Waals surface area (Å²) in [6, 6.07) is 1.64. The summed E-state index contributed by atoms with van der Waals surface area (Å²) >= 11 is 0. The van der Waals surface area contributed by atoms with Gasteiger partial charge >= 0.3 is 0 Å². The summed E-state index contributed by atoms with van der Waals surface area (Å²) in [5.41, 5.74) is 6.68. The lowest BCUT2D eigenvalue weighted by molar-refractivity contribution is 0.0953. The highest BCUT2D eigenvalue weighted by Crippen LogP contribution is 2.09. The van der Waals surface area contributed by atoms with E-state index in [-0.39, 0.29) is 5.91 Å². The summed E-state index contributed by atoms with van der Waals surface area (Å²) < 4.78 is 0. The minimum absolute atomic E-state index is 0.126. The number of rotatable bonds is 10. The van der Waals surface area contributed by atoms with Crippen molar-refractivity contribution in [3.05, 3.63) is 24.0 Å². The van der Waals surface area contributed by atoms with Crippen molar-refractivity contribution in [2.45, 2.75) is 58.3 Å². The number of nitrogens with two attached hydrogens (primary N) is 1. The average Bonchev–Trinajstić information content (AvgIpc) is 2.46. The normalized spacial score (nSPS) is 10.4. The Hall–Kier alpha value is -1.58. The highest BCUT2D eigenvalue weighted by molar-refractivity contribution is 5.98. The third-order valence-corrected chi connectivity index (χ3v) is 3.42. The molecule has 0 fully saturated rings. The lowest BCUT2D eigenvalue weighted by Gasteiger charge is -2.06. The van der Waals surface area contributed by atoms with E-state index in [0.717, 1.165) is 6.42 Å². The number of carbonyl (C=O) groups excluding carboxylic acids is 1. The van der Waals surface area contributed by atoms with Crippen molar-refractivity contribution < 1.29 is 4.79 Å². The Kier molecular flexibility index (Phi) is 8.43. The Bertz CT molecular complexity index is 393. The molecule has 0 aliphatic rings. The molecule has 0 atom stereocenters. The van der Waals surface area contributed by atoms with Crippen LogP contribution >= 0.6 is 0 Å². The molecule has 0 bridgehead atoms. The fourth-order valence-corrected chi connectivity index (χ4v) is 2.15. The number of hydrogen-bond acceptors (Lipinski definition) is 3. The zero-order valence-electron chi connectivity index (χ0n) is 12.5. The van der Waals surface area contributed by atoms with Gasteiger partial charge in [-0.15, -0.1) is 0 Å². The van der Waals surface area contributed by atoms with E-state index in [1.54, 1.807) is 12.3 Å². The van der Waals surface area contributed by atoms with Crippen LogP contribution in [0.3, 0.4) is 0 Å². The number of anilines is 1. The zero-order valence-corrected chi connectivity index (χ0v) is 12.5. The second kappa shape index (κ2) is 10.2. The molecule has 0 radical (unpaired) electrons. The molecule has 0 unspecified atom stereocenters. The molecular weight excluding hydrogens is 250 g/mol. The first-order valence-electron chi connectivity index (χ1n) is 7.73. The van der Waals surface area contributed by atoms with Gasteiger partial charge in [-0.2, -0.15) is 0 Å². The molecule has 0 aliphatic heterocycles. The fraction of sp³-hybridized carbons (Fsp3) is 0.625. The smallest absolute Gasteiger partial charge is 0.254 e. The summed E-state index contributed by atoms with van der Waals surface area (Å²) in [5.74, 6) is -0.126. The molecule has 1 aromatic rings. The van der Waals surface area contributed by atoms with Crippen LogP contribution in [-0.4, -0.2) is 17.4 Å². The van der Waals surface area contributed by atoms with Gasteiger partial charge in [0.25, 0.3) is 5.91 Å². The summed E-state index contributed by atoms with van der Waals surface area (Å²) in [6.07, 6.45) is 13.2. The zero-order chi connectivity index (χ0) is 14.6. The SMILES string of the molecule is CCCCCCCCCCNC(=O)c1cnccc1N. The summed E-state index contributed by atoms with van der Waals surface area (Å²) in [5, 5.41) is 2.89. The molecule has 1 rings (SSSR count). The van der Waals surface area contributed by atoms with E-state index in [1.807, 2.05) is 0 Å². The Balaban J connectivity index is 2.04. The predicted molar refractivity (Wildman–Crippen MR) is 83.6 cm³/mol. The first kappa shape index (κ1) is 16.5. The van der Waals surface area contributed by atoms with Gasteiger partial charge in [-0.05, 0) is 12.5 Å². The molecule has 0 saturated heterocycles. The van der Waals surface area contributed by atoms with Crippen molar-refractivity contribution in [2.24, 2.45) is 0 Å². The van der Waals surface area contributed by atoms with E-state index < -0.39 is 0 Å². The number of aromatic nitrogens is 1. The van der Waals surface area contributed by atoms with E-state index in [2.05, 4.69) is 17.2 Å². The molecule has 1 amide bonds. The number of carbonyl (C=O) groups is 1. The molecule has 20 heavy (non-hydrogen) atoms. The van der Waals surface area contributed by atoms with Gasteiger partial charge in [0.05, 0.1) is 5.56 Å². The Morgan fingerprint density at radius 1 is 1.15 bits per heavy atom. The Labute approximate surface area is 122 Å². The van der Waals surface area contributed by atoms with E-state index >= 15 is 0 Å². The molecule has 112 valence electrons. The van der Waals surface area contributed by atoms with Gasteiger partial charge in [-0.1, -0.05) is 51.9 Å². The van der Waals surface area contributed by atoms with Crippen LogP contribution in [0.4, 0.5) is 5.69 Å². The molecule has 1 heterocycles. The number of hydrogen-bond donors (Lipinski definition) is 2. The number of pyridine rings is 1. The quantitative estimate of drug-likeness (QED) is 0.643. The molecule has 0 spiro atoms. The van der Waals surface area contributed by atoms with Crippen molar-refractivity contribution in [1.29, 1.82) is 0 Å². The highest BCUT2D eigenvalue weighted by atomic mass is 16.1. The molecule has 4 heteroatoms. The van der Waals surface area contributed by atoms with Gasteiger partial charge in [0.15, 0.2) is 0 Å². The van der Waals surface area contributed by atoms with Crippen molar-refractivity contribution in [3.63, 3.8) is 0 Å². The van der Waals surface area contributed by atoms with E-state index in [9.17, 15) is 4.79 Å². The van der Waals surface area contributed by atoms with Crippen LogP contribution in [0.15, 0.2) is 18.5 Å². The van der Waals surface area contributed by atoms with Gasteiger partial charge in [-0.3, -0.25) is 9.78 Å². The Morgan fingerprint density at radius 2 is 1.80 bits per heavy atom. The monoisotopic (exact) mass is 277 g/mol. The van der Waals surface area contributed by atoms with Crippen LogP contribution in [0.1, 0.15) is 68.6 Å². The summed E-state index contributed by atoms with van der Waals surface area (Å²) in [4.78, 5) is 15.8. The summed E-state index contributed by atoms with van der Waals surface area (Å²) in [7, 11) is 0. The molecule has 4 nitrogen and oxygen atoms in total. The fourth-order valence-electron chi connectivity index (χ4n) is 2.15. The molecule has 3 N–H and O–H groups in total. The van der Waals surface area contributed by atoms with Gasteiger partial charge in [0.1, 0.15) is 0 Å². The lowest BCUT2D eigenvalue weighted by atomic mass is 10.1. The van der Waals surface area contributed by atoms with Crippen molar-refractivity contribution in [1.82, 2.24) is 10.3 Å². The van der Waals surface area contributed by atoms with E-state index in [0.29, 0.717) is 17.8 Å². The van der Waals surface area contributed by atoms with Gasteiger partial charge in [-0.25, -0.2) is 0 Å². The van der Waals surface area contributed by atoms with Crippen LogP contribution in [0, 0.1) is 0 Å². The molecule has 0 saturated carbocycles. The van der Waals surface area contributed by atoms with Crippen LogP contribution < -0.4 is 11.1 Å². The minimum Gasteiger partial charge on any atom is -0.398 e. The molecule has 0 aliphatic carbocycles. The van der Waals surface area contributed by atoms with Crippen LogP contribution in [0.2, 0.25) is 0 Å². The standard InChI is InChI=1S/C16H27N3O/c1-2-3-4-5-6-7-8-9-11-19-16(20)14-13-18-12-10-15(14)17/h10,12-13H,2-9,11H2,1H3,(H2,17,18)(H,19,20). The van der Waals surface area contributed by atoms with Crippen molar-refractivity contribution in [3.8, 4) is 0 Å². The van der Waals surface area contributed by atoms with E-state index in [1.165, 1.54) is 51.1 Å². The number of amides is 1.